The van der Waals surface area contributed by atoms with Crippen molar-refractivity contribution < 1.29 is 9.59 Å². The molecule has 0 radical (unpaired) electrons. The van der Waals surface area contributed by atoms with E-state index in [4.69, 9.17) is 0 Å². The van der Waals surface area contributed by atoms with Gasteiger partial charge >= 0.3 is 0 Å². The van der Waals surface area contributed by atoms with Crippen molar-refractivity contribution in [1.29, 1.82) is 0 Å². The number of anilines is 3. The second-order valence-corrected chi connectivity index (χ2v) is 7.11. The summed E-state index contributed by atoms with van der Waals surface area (Å²) in [6.45, 7) is 2.01. The molecule has 6 nitrogen and oxygen atoms in total. The van der Waals surface area contributed by atoms with Crippen molar-refractivity contribution in [3.05, 3.63) is 54.6 Å². The molecule has 2 aliphatic heterocycles. The van der Waals surface area contributed by atoms with Crippen LogP contribution in [-0.2, 0) is 9.59 Å². The summed E-state index contributed by atoms with van der Waals surface area (Å²) < 4.78 is 0. The van der Waals surface area contributed by atoms with Crippen molar-refractivity contribution in [3.63, 3.8) is 0 Å². The zero-order valence-corrected chi connectivity index (χ0v) is 15.8. The highest BCUT2D eigenvalue weighted by Gasteiger charge is 2.26. The zero-order chi connectivity index (χ0) is 19.3. The first-order chi connectivity index (χ1) is 13.7. The van der Waals surface area contributed by atoms with Gasteiger partial charge in [-0.15, -0.1) is 0 Å². The number of carbonyl (C=O) groups excluding carboxylic acids is 2. The van der Waals surface area contributed by atoms with Gasteiger partial charge in [-0.1, -0.05) is 30.3 Å². The average molecular weight is 376 g/mol. The highest BCUT2D eigenvalue weighted by Crippen LogP contribution is 2.28. The number of hydrogen-bond donors (Lipinski definition) is 1. The van der Waals surface area contributed by atoms with Crippen LogP contribution in [0.15, 0.2) is 59.7 Å². The molecule has 144 valence electrons. The molecule has 1 fully saturated rings. The Bertz CT molecular complexity index is 888. The van der Waals surface area contributed by atoms with E-state index >= 15 is 0 Å². The van der Waals surface area contributed by atoms with Crippen LogP contribution in [0.2, 0.25) is 0 Å². The quantitative estimate of drug-likeness (QED) is 0.883. The van der Waals surface area contributed by atoms with Gasteiger partial charge < -0.3 is 10.2 Å². The number of rotatable bonds is 4. The lowest BCUT2D eigenvalue weighted by molar-refractivity contribution is -0.118. The largest absolute Gasteiger partial charge is 0.370 e. The Kier molecular flexibility index (Phi) is 5.37. The zero-order valence-electron chi connectivity index (χ0n) is 15.8. The molecule has 0 unspecified atom stereocenters. The molecule has 0 aromatic heterocycles. The number of piperidine rings is 1. The van der Waals surface area contributed by atoms with Gasteiger partial charge in [0.2, 0.25) is 5.91 Å². The summed E-state index contributed by atoms with van der Waals surface area (Å²) in [4.78, 5) is 27.5. The lowest BCUT2D eigenvalue weighted by Gasteiger charge is -2.30. The number of amides is 2. The Balaban J connectivity index is 1.55. The molecule has 0 atom stereocenters. The van der Waals surface area contributed by atoms with Gasteiger partial charge in [-0.25, -0.2) is 5.01 Å². The van der Waals surface area contributed by atoms with E-state index in [9.17, 15) is 9.59 Å². The highest BCUT2D eigenvalue weighted by atomic mass is 16.2. The van der Waals surface area contributed by atoms with Crippen molar-refractivity contribution in [2.45, 2.75) is 32.1 Å². The molecule has 0 spiro atoms. The molecular weight excluding hydrogens is 352 g/mol. The molecule has 2 amide bonds. The van der Waals surface area contributed by atoms with Gasteiger partial charge in [-0.05, 0) is 43.5 Å². The first-order valence-electron chi connectivity index (χ1n) is 9.83. The maximum absolute atomic E-state index is 12.9. The van der Waals surface area contributed by atoms with E-state index in [0.717, 1.165) is 24.5 Å². The second kappa shape index (κ2) is 8.25. The van der Waals surface area contributed by atoms with Crippen LogP contribution >= 0.6 is 0 Å². The third-order valence-electron chi connectivity index (χ3n) is 5.14. The fourth-order valence-corrected chi connectivity index (χ4v) is 3.67. The Hall–Kier alpha value is -3.15. The predicted octanol–water partition coefficient (Wildman–Crippen LogP) is 3.80. The first kappa shape index (κ1) is 18.2. The molecule has 2 aromatic rings. The van der Waals surface area contributed by atoms with Crippen molar-refractivity contribution >= 4 is 34.6 Å². The van der Waals surface area contributed by atoms with E-state index in [1.807, 2.05) is 54.6 Å². The van der Waals surface area contributed by atoms with E-state index in [1.54, 1.807) is 0 Å². The van der Waals surface area contributed by atoms with Crippen molar-refractivity contribution in [3.8, 4) is 0 Å². The molecule has 1 N–H and O–H groups in total. The van der Waals surface area contributed by atoms with Crippen molar-refractivity contribution in [2.24, 2.45) is 5.10 Å². The number of nitrogens with zero attached hydrogens (tertiary/aromatic N) is 3. The Labute approximate surface area is 164 Å². The SMILES string of the molecule is O=C(Nc1ccccc1N1CCCCC1)C1=NN(c2ccccc2)C(=O)CC1. The van der Waals surface area contributed by atoms with E-state index in [2.05, 4.69) is 15.3 Å². The summed E-state index contributed by atoms with van der Waals surface area (Å²) in [5.41, 5.74) is 2.88. The van der Waals surface area contributed by atoms with Crippen molar-refractivity contribution in [2.75, 3.05) is 28.3 Å². The Morgan fingerprint density at radius 3 is 2.39 bits per heavy atom. The minimum atomic E-state index is -0.252. The predicted molar refractivity (Wildman–Crippen MR) is 112 cm³/mol. The van der Waals surface area contributed by atoms with Gasteiger partial charge in [0.1, 0.15) is 5.71 Å². The minimum absolute atomic E-state index is 0.100. The van der Waals surface area contributed by atoms with Crippen molar-refractivity contribution in [1.82, 2.24) is 0 Å². The molecule has 2 heterocycles. The molecule has 0 bridgehead atoms. The summed E-state index contributed by atoms with van der Waals surface area (Å²) >= 11 is 0. The number of para-hydroxylation sites is 3. The molecule has 2 aliphatic rings. The molecule has 2 aromatic carbocycles. The van der Waals surface area contributed by atoms with Gasteiger partial charge in [0.25, 0.3) is 5.91 Å². The maximum atomic E-state index is 12.9. The van der Waals surface area contributed by atoms with Crippen LogP contribution in [0, 0.1) is 0 Å². The van der Waals surface area contributed by atoms with Gasteiger partial charge in [-0.3, -0.25) is 9.59 Å². The van der Waals surface area contributed by atoms with E-state index < -0.39 is 0 Å². The summed E-state index contributed by atoms with van der Waals surface area (Å²) in [6, 6.07) is 17.1. The monoisotopic (exact) mass is 376 g/mol. The van der Waals surface area contributed by atoms with E-state index in [-0.39, 0.29) is 18.2 Å². The van der Waals surface area contributed by atoms with Crippen LogP contribution < -0.4 is 15.2 Å². The van der Waals surface area contributed by atoms with Crippen LogP contribution in [0.1, 0.15) is 32.1 Å². The topological polar surface area (TPSA) is 65.0 Å². The average Bonchev–Trinajstić information content (AvgIpc) is 2.75. The third-order valence-corrected chi connectivity index (χ3v) is 5.14. The summed E-state index contributed by atoms with van der Waals surface area (Å²) in [7, 11) is 0. The molecule has 6 heteroatoms. The third kappa shape index (κ3) is 3.91. The fraction of sp³-hybridized carbons (Fsp3) is 0.318. The molecule has 28 heavy (non-hydrogen) atoms. The Morgan fingerprint density at radius 2 is 1.61 bits per heavy atom. The Morgan fingerprint density at radius 1 is 0.893 bits per heavy atom. The number of hydrogen-bond acceptors (Lipinski definition) is 4. The summed E-state index contributed by atoms with van der Waals surface area (Å²) in [6.07, 6.45) is 4.21. The smallest absolute Gasteiger partial charge is 0.271 e. The van der Waals surface area contributed by atoms with Gasteiger partial charge in [0, 0.05) is 25.9 Å². The highest BCUT2D eigenvalue weighted by molar-refractivity contribution is 6.44. The number of benzene rings is 2. The van der Waals surface area contributed by atoms with E-state index in [0.29, 0.717) is 17.8 Å². The fourth-order valence-electron chi connectivity index (χ4n) is 3.67. The lowest BCUT2D eigenvalue weighted by atomic mass is 10.1. The van der Waals surface area contributed by atoms with Crippen LogP contribution in [-0.4, -0.2) is 30.6 Å². The van der Waals surface area contributed by atoms with Gasteiger partial charge in [0.15, 0.2) is 0 Å². The summed E-state index contributed by atoms with van der Waals surface area (Å²) in [5.74, 6) is -0.352. The van der Waals surface area contributed by atoms with Crippen LogP contribution in [0.25, 0.3) is 0 Å². The number of nitrogens with one attached hydrogen (secondary N) is 1. The molecule has 0 aliphatic carbocycles. The van der Waals surface area contributed by atoms with Gasteiger partial charge in [-0.2, -0.15) is 5.10 Å². The second-order valence-electron chi connectivity index (χ2n) is 7.11. The number of carbonyl (C=O) groups is 2. The summed E-state index contributed by atoms with van der Waals surface area (Å²) in [5, 5.41) is 8.69. The molecular formula is C22H24N4O2. The molecule has 1 saturated heterocycles. The lowest BCUT2D eigenvalue weighted by Crippen LogP contribution is -2.36. The molecule has 0 saturated carbocycles. The van der Waals surface area contributed by atoms with Crippen LogP contribution in [0.5, 0.6) is 0 Å². The number of hydrazone groups is 1. The van der Waals surface area contributed by atoms with Gasteiger partial charge in [0.05, 0.1) is 17.1 Å². The van der Waals surface area contributed by atoms with Crippen LogP contribution in [0.4, 0.5) is 17.1 Å². The molecule has 4 rings (SSSR count). The minimum Gasteiger partial charge on any atom is -0.370 e. The maximum Gasteiger partial charge on any atom is 0.271 e. The first-order valence-corrected chi connectivity index (χ1v) is 9.83. The van der Waals surface area contributed by atoms with Crippen LogP contribution in [0.3, 0.4) is 0 Å². The van der Waals surface area contributed by atoms with E-state index in [1.165, 1.54) is 24.3 Å². The normalized spacial score (nSPS) is 17.3. The standard InChI is InChI=1S/C22H24N4O2/c27-21-14-13-19(24-26(21)17-9-3-1-4-10-17)22(28)23-18-11-5-6-12-20(18)25-15-7-2-8-16-25/h1,3-6,9-12H,2,7-8,13-16H2,(H,23,28).